The largest absolute Gasteiger partial charge is 0.494 e. The predicted octanol–water partition coefficient (Wildman–Crippen LogP) is 3.35. The summed E-state index contributed by atoms with van der Waals surface area (Å²) in [7, 11) is 1.48. The molecule has 2 rings (SSSR count). The Morgan fingerprint density at radius 2 is 1.72 bits per heavy atom. The van der Waals surface area contributed by atoms with Crippen molar-refractivity contribution in [2.24, 2.45) is 0 Å². The molecule has 0 spiro atoms. The molecule has 3 nitrogen and oxygen atoms in total. The molecule has 2 aromatic rings. The van der Waals surface area contributed by atoms with Crippen LogP contribution in [0.2, 0.25) is 0 Å². The van der Waals surface area contributed by atoms with Gasteiger partial charge in [0.1, 0.15) is 17.2 Å². The number of rotatable bonds is 3. The summed E-state index contributed by atoms with van der Waals surface area (Å²) in [6, 6.07) is 8.23. The third kappa shape index (κ3) is 2.34. The van der Waals surface area contributed by atoms with Gasteiger partial charge in [0, 0.05) is 6.07 Å². The Bertz CT molecular complexity index is 573. The minimum atomic E-state index is -0.978. The molecule has 2 N–H and O–H groups in total. The van der Waals surface area contributed by atoms with Gasteiger partial charge in [0.2, 0.25) is 0 Å². The van der Waals surface area contributed by atoms with Gasteiger partial charge in [-0.3, -0.25) is 0 Å². The maximum atomic E-state index is 13.0. The number of anilines is 1. The van der Waals surface area contributed by atoms with Crippen molar-refractivity contribution in [1.82, 2.24) is 0 Å². The molecule has 0 atom stereocenters. The third-order valence-electron chi connectivity index (χ3n) is 2.36. The van der Waals surface area contributed by atoms with Gasteiger partial charge in [-0.25, -0.2) is 8.78 Å². The molecule has 2 aromatic carbocycles. The minimum absolute atomic E-state index is 0.161. The number of ether oxygens (including phenoxy) is 2. The van der Waals surface area contributed by atoms with Crippen LogP contribution < -0.4 is 15.2 Å². The van der Waals surface area contributed by atoms with E-state index in [4.69, 9.17) is 15.2 Å². The van der Waals surface area contributed by atoms with E-state index >= 15 is 0 Å². The molecule has 0 unspecified atom stereocenters. The quantitative estimate of drug-likeness (QED) is 0.851. The molecular formula is C13H11F2NO2. The van der Waals surface area contributed by atoms with Crippen molar-refractivity contribution in [3.05, 3.63) is 48.0 Å². The van der Waals surface area contributed by atoms with Crippen molar-refractivity contribution in [2.45, 2.75) is 0 Å². The first-order chi connectivity index (χ1) is 8.61. The highest BCUT2D eigenvalue weighted by Crippen LogP contribution is 2.34. The van der Waals surface area contributed by atoms with E-state index in [9.17, 15) is 8.78 Å². The van der Waals surface area contributed by atoms with Crippen LogP contribution in [0.1, 0.15) is 0 Å². The number of methoxy groups -OCH3 is 1. The zero-order valence-electron chi connectivity index (χ0n) is 9.61. The van der Waals surface area contributed by atoms with Crippen LogP contribution in [0.5, 0.6) is 17.2 Å². The van der Waals surface area contributed by atoms with Crippen molar-refractivity contribution in [3.8, 4) is 17.2 Å². The first-order valence-corrected chi connectivity index (χ1v) is 5.17. The molecule has 0 aliphatic carbocycles. The molecule has 0 bridgehead atoms. The van der Waals surface area contributed by atoms with Gasteiger partial charge >= 0.3 is 0 Å². The normalized spacial score (nSPS) is 10.2. The van der Waals surface area contributed by atoms with Gasteiger partial charge in [0.05, 0.1) is 7.11 Å². The number of nitrogens with two attached hydrogens (primary N) is 1. The number of benzene rings is 2. The van der Waals surface area contributed by atoms with Crippen LogP contribution >= 0.6 is 0 Å². The van der Waals surface area contributed by atoms with E-state index in [2.05, 4.69) is 0 Å². The van der Waals surface area contributed by atoms with Gasteiger partial charge in [-0.2, -0.15) is 0 Å². The van der Waals surface area contributed by atoms with Crippen LogP contribution in [-0.2, 0) is 0 Å². The minimum Gasteiger partial charge on any atom is -0.494 e. The Labute approximate surface area is 103 Å². The fraction of sp³-hybridized carbons (Fsp3) is 0.0769. The lowest BCUT2D eigenvalue weighted by Gasteiger charge is -2.11. The fourth-order valence-corrected chi connectivity index (χ4v) is 1.46. The van der Waals surface area contributed by atoms with E-state index < -0.39 is 11.6 Å². The molecule has 0 aromatic heterocycles. The molecule has 18 heavy (non-hydrogen) atoms. The van der Waals surface area contributed by atoms with Crippen LogP contribution in [0, 0.1) is 11.6 Å². The lowest BCUT2D eigenvalue weighted by atomic mass is 10.2. The second-order valence-corrected chi connectivity index (χ2v) is 3.55. The molecule has 0 aliphatic rings. The summed E-state index contributed by atoms with van der Waals surface area (Å²) in [6.45, 7) is 0. The summed E-state index contributed by atoms with van der Waals surface area (Å²) < 4.78 is 36.2. The number of hydrogen-bond donors (Lipinski definition) is 1. The Kier molecular flexibility index (Phi) is 3.32. The summed E-state index contributed by atoms with van der Waals surface area (Å²) >= 11 is 0. The van der Waals surface area contributed by atoms with E-state index in [0.717, 1.165) is 12.1 Å². The van der Waals surface area contributed by atoms with Crippen molar-refractivity contribution >= 4 is 5.69 Å². The topological polar surface area (TPSA) is 44.5 Å². The van der Waals surface area contributed by atoms with E-state index in [1.807, 2.05) is 0 Å². The summed E-state index contributed by atoms with van der Waals surface area (Å²) in [4.78, 5) is 0. The van der Waals surface area contributed by atoms with Crippen molar-refractivity contribution in [1.29, 1.82) is 0 Å². The monoisotopic (exact) mass is 251 g/mol. The lowest BCUT2D eigenvalue weighted by Crippen LogP contribution is -1.96. The zero-order valence-corrected chi connectivity index (χ0v) is 9.61. The zero-order chi connectivity index (χ0) is 13.1. The molecule has 0 saturated heterocycles. The smallest absolute Gasteiger partial charge is 0.162 e. The molecule has 0 radical (unpaired) electrons. The second-order valence-electron chi connectivity index (χ2n) is 3.55. The summed E-state index contributed by atoms with van der Waals surface area (Å²) in [5.74, 6) is -0.973. The molecule has 0 saturated carbocycles. The van der Waals surface area contributed by atoms with E-state index in [1.165, 1.54) is 13.2 Å². The van der Waals surface area contributed by atoms with Gasteiger partial charge in [-0.05, 0) is 24.3 Å². The lowest BCUT2D eigenvalue weighted by molar-refractivity contribution is 0.411. The van der Waals surface area contributed by atoms with Crippen LogP contribution in [-0.4, -0.2) is 7.11 Å². The van der Waals surface area contributed by atoms with E-state index in [1.54, 1.807) is 18.2 Å². The van der Waals surface area contributed by atoms with Crippen LogP contribution in [0.3, 0.4) is 0 Å². The summed E-state index contributed by atoms with van der Waals surface area (Å²) in [5, 5.41) is 0. The van der Waals surface area contributed by atoms with Gasteiger partial charge in [-0.1, -0.05) is 6.07 Å². The number of hydrogen-bond acceptors (Lipinski definition) is 3. The highest BCUT2D eigenvalue weighted by Gasteiger charge is 2.09. The first-order valence-electron chi connectivity index (χ1n) is 5.17. The number of para-hydroxylation sites is 1. The van der Waals surface area contributed by atoms with Crippen LogP contribution in [0.4, 0.5) is 14.5 Å². The van der Waals surface area contributed by atoms with Gasteiger partial charge in [0.25, 0.3) is 0 Å². The average molecular weight is 251 g/mol. The van der Waals surface area contributed by atoms with Crippen LogP contribution in [0.15, 0.2) is 36.4 Å². The molecular weight excluding hydrogens is 240 g/mol. The summed E-state index contributed by atoms with van der Waals surface area (Å²) in [6.07, 6.45) is 0. The van der Waals surface area contributed by atoms with Crippen molar-refractivity contribution < 1.29 is 18.3 Å². The molecule has 0 aliphatic heterocycles. The Hall–Kier alpha value is -2.30. The van der Waals surface area contributed by atoms with Gasteiger partial charge in [-0.15, -0.1) is 0 Å². The number of halogens is 2. The molecule has 5 heteroatoms. The van der Waals surface area contributed by atoms with Gasteiger partial charge in [0.15, 0.2) is 17.4 Å². The predicted molar refractivity (Wildman–Crippen MR) is 63.8 cm³/mol. The fourth-order valence-electron chi connectivity index (χ4n) is 1.46. The second kappa shape index (κ2) is 4.91. The third-order valence-corrected chi connectivity index (χ3v) is 2.36. The van der Waals surface area contributed by atoms with E-state index in [-0.39, 0.29) is 5.75 Å². The molecule has 94 valence electrons. The Balaban J connectivity index is 2.31. The summed E-state index contributed by atoms with van der Waals surface area (Å²) in [5.41, 5.74) is 6.09. The average Bonchev–Trinajstić information content (AvgIpc) is 2.36. The Morgan fingerprint density at radius 1 is 1.00 bits per heavy atom. The van der Waals surface area contributed by atoms with Gasteiger partial charge < -0.3 is 15.2 Å². The molecule has 0 amide bonds. The van der Waals surface area contributed by atoms with E-state index in [0.29, 0.717) is 17.2 Å². The maximum absolute atomic E-state index is 13.0. The highest BCUT2D eigenvalue weighted by molar-refractivity contribution is 5.63. The highest BCUT2D eigenvalue weighted by atomic mass is 19.2. The van der Waals surface area contributed by atoms with Crippen molar-refractivity contribution in [3.63, 3.8) is 0 Å². The standard InChI is InChI=1S/C13H11F2NO2/c1-17-11-3-2-4-12(13(11)16)18-8-5-6-9(14)10(15)7-8/h2-7H,16H2,1H3. The molecule has 0 fully saturated rings. The molecule has 0 heterocycles. The SMILES string of the molecule is COc1cccc(Oc2ccc(F)c(F)c2)c1N. The first kappa shape index (κ1) is 12.2. The maximum Gasteiger partial charge on any atom is 0.162 e. The number of nitrogen functional groups attached to an aromatic ring is 1. The Morgan fingerprint density at radius 3 is 2.39 bits per heavy atom. The van der Waals surface area contributed by atoms with Crippen molar-refractivity contribution in [2.75, 3.05) is 12.8 Å². The van der Waals surface area contributed by atoms with Crippen LogP contribution in [0.25, 0.3) is 0 Å².